The van der Waals surface area contributed by atoms with Crippen molar-refractivity contribution in [3.63, 3.8) is 0 Å². The molecule has 7 nitrogen and oxygen atoms in total. The van der Waals surface area contributed by atoms with Gasteiger partial charge in [-0.05, 0) is 69.2 Å². The number of amides is 1. The van der Waals surface area contributed by atoms with Gasteiger partial charge in [0, 0.05) is 18.7 Å². The predicted molar refractivity (Wildman–Crippen MR) is 141 cm³/mol. The molecule has 0 bridgehead atoms. The maximum atomic E-state index is 12.4. The summed E-state index contributed by atoms with van der Waals surface area (Å²) in [5.74, 6) is 1.17. The molecule has 0 radical (unpaired) electrons. The van der Waals surface area contributed by atoms with Crippen LogP contribution in [0.1, 0.15) is 44.7 Å². The van der Waals surface area contributed by atoms with Crippen molar-refractivity contribution in [1.82, 2.24) is 19.9 Å². The summed E-state index contributed by atoms with van der Waals surface area (Å²) in [7, 11) is 0. The average Bonchev–Trinajstić information content (AvgIpc) is 3.31. The van der Waals surface area contributed by atoms with E-state index in [1.807, 2.05) is 62.0 Å². The molecule has 0 N–H and O–H groups in total. The predicted octanol–water partition coefficient (Wildman–Crippen LogP) is 5.75. The van der Waals surface area contributed by atoms with Gasteiger partial charge in [-0.3, -0.25) is 0 Å². The molecule has 0 saturated carbocycles. The van der Waals surface area contributed by atoms with Gasteiger partial charge in [-0.2, -0.15) is 0 Å². The number of allylic oxidation sites excluding steroid dienone is 1. The van der Waals surface area contributed by atoms with E-state index in [9.17, 15) is 4.79 Å². The molecule has 2 heterocycles. The summed E-state index contributed by atoms with van der Waals surface area (Å²) in [4.78, 5) is 14.1. The average molecular weight is 489 g/mol. The number of carbonyl (C=O) groups excluding carboxylic acids is 1. The molecule has 1 amide bonds. The largest absolute Gasteiger partial charge is 0.493 e. The van der Waals surface area contributed by atoms with Crippen LogP contribution in [0.3, 0.4) is 0 Å². The number of nitrogens with zero attached hydrogens (tertiary/aromatic N) is 4. The third-order valence-corrected chi connectivity index (χ3v) is 6.17. The molecule has 3 aromatic rings. The number of hydrogen-bond acceptors (Lipinski definition) is 5. The minimum atomic E-state index is -0.478. The Kier molecular flexibility index (Phi) is 8.08. The second-order valence-corrected chi connectivity index (χ2v) is 10.3. The molecule has 4 rings (SSSR count). The molecule has 7 heteroatoms. The summed E-state index contributed by atoms with van der Waals surface area (Å²) in [6.45, 7) is 12.2. The van der Waals surface area contributed by atoms with E-state index in [0.29, 0.717) is 32.2 Å². The first kappa shape index (κ1) is 25.5. The maximum absolute atomic E-state index is 12.4. The quantitative estimate of drug-likeness (QED) is 0.378. The number of likely N-dealkylation sites (tertiary alicyclic amines) is 1. The number of aromatic nitrogens is 3. The Bertz CT molecular complexity index is 1160. The van der Waals surface area contributed by atoms with E-state index in [1.165, 1.54) is 5.56 Å². The van der Waals surface area contributed by atoms with Crippen LogP contribution in [0, 0.1) is 5.92 Å². The molecule has 190 valence electrons. The van der Waals surface area contributed by atoms with Crippen LogP contribution in [-0.4, -0.2) is 51.3 Å². The number of piperidine rings is 1. The van der Waals surface area contributed by atoms with Crippen LogP contribution in [-0.2, 0) is 17.7 Å². The molecule has 1 aliphatic rings. The summed E-state index contributed by atoms with van der Waals surface area (Å²) in [5, 5.41) is 8.79. The third-order valence-electron chi connectivity index (χ3n) is 6.17. The van der Waals surface area contributed by atoms with Crippen LogP contribution in [0.2, 0.25) is 0 Å². The fraction of sp³-hybridized carbons (Fsp3) is 0.414. The second-order valence-electron chi connectivity index (χ2n) is 10.3. The van der Waals surface area contributed by atoms with E-state index in [1.54, 1.807) is 4.90 Å². The molecule has 0 atom stereocenters. The van der Waals surface area contributed by atoms with Gasteiger partial charge in [-0.1, -0.05) is 47.7 Å². The zero-order valence-corrected chi connectivity index (χ0v) is 21.5. The smallest absolute Gasteiger partial charge is 0.410 e. The maximum Gasteiger partial charge on any atom is 0.410 e. The molecule has 1 aromatic heterocycles. The monoisotopic (exact) mass is 488 g/mol. The standard InChI is InChI=1S/C29H36N4O3/c1-5-9-22-12-13-27(35-21-24-14-16-32(17-15-24)28(34)36-29(2,3)4)25(18-22)26-20-33(31-30-26)19-23-10-7-6-8-11-23/h5-8,10-13,18,20,24H,1,9,14-17,19,21H2,2-4H3. The summed E-state index contributed by atoms with van der Waals surface area (Å²) in [6, 6.07) is 16.4. The molecular formula is C29H36N4O3. The molecular weight excluding hydrogens is 452 g/mol. The molecule has 0 aliphatic carbocycles. The molecule has 1 aliphatic heterocycles. The summed E-state index contributed by atoms with van der Waals surface area (Å²) < 4.78 is 13.7. The lowest BCUT2D eigenvalue weighted by Gasteiger charge is -2.33. The van der Waals surface area contributed by atoms with Crippen molar-refractivity contribution in [1.29, 1.82) is 0 Å². The number of ether oxygens (including phenoxy) is 2. The van der Waals surface area contributed by atoms with Crippen LogP contribution in [0.4, 0.5) is 4.79 Å². The zero-order chi connectivity index (χ0) is 25.5. The first-order valence-corrected chi connectivity index (χ1v) is 12.6. The fourth-order valence-electron chi connectivity index (χ4n) is 4.28. The lowest BCUT2D eigenvalue weighted by molar-refractivity contribution is 0.0165. The molecule has 36 heavy (non-hydrogen) atoms. The Morgan fingerprint density at radius 1 is 1.11 bits per heavy atom. The van der Waals surface area contributed by atoms with Gasteiger partial charge in [0.2, 0.25) is 0 Å². The van der Waals surface area contributed by atoms with Crippen LogP contribution in [0.25, 0.3) is 11.3 Å². The summed E-state index contributed by atoms with van der Waals surface area (Å²) >= 11 is 0. The van der Waals surface area contributed by atoms with E-state index >= 15 is 0 Å². The Morgan fingerprint density at radius 3 is 2.56 bits per heavy atom. The molecule has 1 fully saturated rings. The zero-order valence-electron chi connectivity index (χ0n) is 21.5. The summed E-state index contributed by atoms with van der Waals surface area (Å²) in [5.41, 5.74) is 3.55. The van der Waals surface area contributed by atoms with Crippen LogP contribution < -0.4 is 4.74 Å². The van der Waals surface area contributed by atoms with Crippen molar-refractivity contribution in [3.8, 4) is 17.0 Å². The number of hydrogen-bond donors (Lipinski definition) is 0. The first-order chi connectivity index (χ1) is 17.3. The van der Waals surface area contributed by atoms with E-state index < -0.39 is 5.60 Å². The molecule has 1 saturated heterocycles. The van der Waals surface area contributed by atoms with Crippen molar-refractivity contribution in [2.75, 3.05) is 19.7 Å². The number of rotatable bonds is 8. The highest BCUT2D eigenvalue weighted by Crippen LogP contribution is 2.31. The van der Waals surface area contributed by atoms with E-state index in [4.69, 9.17) is 9.47 Å². The highest BCUT2D eigenvalue weighted by Gasteiger charge is 2.27. The third kappa shape index (κ3) is 6.97. The Balaban J connectivity index is 1.41. The van der Waals surface area contributed by atoms with Gasteiger partial charge in [-0.25, -0.2) is 9.48 Å². The normalized spacial score (nSPS) is 14.5. The van der Waals surface area contributed by atoms with E-state index in [2.05, 4.69) is 41.2 Å². The Hall–Kier alpha value is -3.61. The number of benzene rings is 2. The van der Waals surface area contributed by atoms with Crippen LogP contribution >= 0.6 is 0 Å². The molecule has 0 unspecified atom stereocenters. The van der Waals surface area contributed by atoms with Gasteiger partial charge in [-0.15, -0.1) is 11.7 Å². The van der Waals surface area contributed by atoms with E-state index in [-0.39, 0.29) is 6.09 Å². The van der Waals surface area contributed by atoms with Crippen molar-refractivity contribution in [2.45, 2.75) is 52.2 Å². The molecule has 0 spiro atoms. The Labute approximate surface area is 213 Å². The summed E-state index contributed by atoms with van der Waals surface area (Å²) in [6.07, 6.45) is 6.17. The fourth-order valence-corrected chi connectivity index (χ4v) is 4.28. The van der Waals surface area contributed by atoms with Crippen molar-refractivity contribution >= 4 is 6.09 Å². The Morgan fingerprint density at radius 2 is 1.86 bits per heavy atom. The van der Waals surface area contributed by atoms with Gasteiger partial charge in [0.15, 0.2) is 0 Å². The van der Waals surface area contributed by atoms with Crippen molar-refractivity contribution in [2.24, 2.45) is 5.92 Å². The number of carbonyl (C=O) groups is 1. The van der Waals surface area contributed by atoms with Gasteiger partial charge >= 0.3 is 6.09 Å². The van der Waals surface area contributed by atoms with Gasteiger partial charge in [0.05, 0.1) is 19.3 Å². The first-order valence-electron chi connectivity index (χ1n) is 12.6. The van der Waals surface area contributed by atoms with Crippen LogP contribution in [0.15, 0.2) is 67.4 Å². The van der Waals surface area contributed by atoms with Gasteiger partial charge < -0.3 is 14.4 Å². The van der Waals surface area contributed by atoms with Crippen molar-refractivity contribution < 1.29 is 14.3 Å². The van der Waals surface area contributed by atoms with Crippen molar-refractivity contribution in [3.05, 3.63) is 78.5 Å². The van der Waals surface area contributed by atoms with Crippen LogP contribution in [0.5, 0.6) is 5.75 Å². The lowest BCUT2D eigenvalue weighted by Crippen LogP contribution is -2.42. The topological polar surface area (TPSA) is 69.5 Å². The minimum Gasteiger partial charge on any atom is -0.493 e. The highest BCUT2D eigenvalue weighted by atomic mass is 16.6. The highest BCUT2D eigenvalue weighted by molar-refractivity contribution is 5.68. The van der Waals surface area contributed by atoms with E-state index in [0.717, 1.165) is 41.8 Å². The van der Waals surface area contributed by atoms with Gasteiger partial charge in [0.1, 0.15) is 17.0 Å². The minimum absolute atomic E-state index is 0.236. The lowest BCUT2D eigenvalue weighted by atomic mass is 9.98. The second kappa shape index (κ2) is 11.4. The molecule has 2 aromatic carbocycles. The SMILES string of the molecule is C=CCc1ccc(OCC2CCN(C(=O)OC(C)(C)C)CC2)c(-c2cn(Cc3ccccc3)nn2)c1. The van der Waals surface area contributed by atoms with Gasteiger partial charge in [0.25, 0.3) is 0 Å².